The van der Waals surface area contributed by atoms with E-state index in [1.54, 1.807) is 0 Å². The molecule has 3 heterocycles. The molecule has 2 unspecified atom stereocenters. The highest BCUT2D eigenvalue weighted by Gasteiger charge is 2.32. The van der Waals surface area contributed by atoms with Gasteiger partial charge in [-0.05, 0) is 31.4 Å². The van der Waals surface area contributed by atoms with E-state index in [0.29, 0.717) is 18.8 Å². The van der Waals surface area contributed by atoms with Crippen molar-refractivity contribution in [2.45, 2.75) is 45.3 Å². The molecule has 0 spiro atoms. The van der Waals surface area contributed by atoms with Crippen molar-refractivity contribution in [2.75, 3.05) is 17.6 Å². The Kier molecular flexibility index (Phi) is 3.57. The second-order valence-electron chi connectivity index (χ2n) is 6.69. The van der Waals surface area contributed by atoms with E-state index in [2.05, 4.69) is 23.4 Å². The molecule has 2 aliphatic rings. The van der Waals surface area contributed by atoms with Gasteiger partial charge in [-0.3, -0.25) is 4.79 Å². The van der Waals surface area contributed by atoms with Crippen molar-refractivity contribution in [3.8, 4) is 0 Å². The molecule has 1 aromatic heterocycles. The number of ether oxygens (including phenoxy) is 1. The van der Waals surface area contributed by atoms with E-state index >= 15 is 0 Å². The number of para-hydroxylation sites is 1. The number of anilines is 2. The largest absolute Gasteiger partial charge is 0.385 e. The van der Waals surface area contributed by atoms with Gasteiger partial charge in [-0.15, -0.1) is 0 Å². The third-order valence-electron chi connectivity index (χ3n) is 5.02. The third-order valence-corrected chi connectivity index (χ3v) is 5.02. The number of aromatic nitrogens is 2. The summed E-state index contributed by atoms with van der Waals surface area (Å²) in [4.78, 5) is 13.1. The first-order valence-corrected chi connectivity index (χ1v) is 8.41. The van der Waals surface area contributed by atoms with Crippen LogP contribution in [0.2, 0.25) is 0 Å². The molecule has 2 aliphatic heterocycles. The van der Waals surface area contributed by atoms with E-state index < -0.39 is 0 Å². The number of nitrogens with two attached hydrogens (primary N) is 1. The average Bonchev–Trinajstić information content (AvgIpc) is 2.90. The smallest absolute Gasteiger partial charge is 0.256 e. The lowest BCUT2D eigenvalue weighted by atomic mass is 9.88. The van der Waals surface area contributed by atoms with Gasteiger partial charge in [-0.2, -0.15) is 9.78 Å². The average molecular weight is 326 g/mol. The topological polar surface area (TPSA) is 82.2 Å². The number of nitrogens with zero attached hydrogens (tertiary/aromatic N) is 2. The number of benzene rings is 1. The number of rotatable bonds is 1. The molecular formula is C18H22N4O2. The van der Waals surface area contributed by atoms with Crippen molar-refractivity contribution >= 4 is 17.4 Å². The van der Waals surface area contributed by atoms with Crippen LogP contribution < -0.4 is 11.1 Å². The van der Waals surface area contributed by atoms with E-state index in [0.717, 1.165) is 41.0 Å². The molecule has 6 heteroatoms. The van der Waals surface area contributed by atoms with Crippen molar-refractivity contribution in [3.05, 3.63) is 40.6 Å². The quantitative estimate of drug-likeness (QED) is 0.841. The fraction of sp³-hybridized carbons (Fsp3) is 0.444. The van der Waals surface area contributed by atoms with Gasteiger partial charge in [0.1, 0.15) is 5.82 Å². The number of nitrogen functional groups attached to an aromatic ring is 1. The zero-order valence-electron chi connectivity index (χ0n) is 14.0. The maximum atomic E-state index is 13.1. The van der Waals surface area contributed by atoms with Crippen molar-refractivity contribution in [1.29, 1.82) is 0 Å². The van der Waals surface area contributed by atoms with Gasteiger partial charge in [-0.25, -0.2) is 0 Å². The summed E-state index contributed by atoms with van der Waals surface area (Å²) in [5.74, 6) is 0.153. The Morgan fingerprint density at radius 3 is 3.12 bits per heavy atom. The molecule has 2 aromatic rings. The third kappa shape index (κ3) is 2.29. The molecule has 0 radical (unpaired) electrons. The Morgan fingerprint density at radius 2 is 2.29 bits per heavy atom. The highest BCUT2D eigenvalue weighted by Crippen LogP contribution is 2.36. The van der Waals surface area contributed by atoms with Gasteiger partial charge in [0.15, 0.2) is 0 Å². The summed E-state index contributed by atoms with van der Waals surface area (Å²) >= 11 is 0. The molecule has 1 aromatic carbocycles. The first-order valence-electron chi connectivity index (χ1n) is 8.41. The number of carbonyl (C=O) groups is 1. The number of carbonyl (C=O) groups excluding carboxylic acids is 1. The zero-order chi connectivity index (χ0) is 16.8. The summed E-state index contributed by atoms with van der Waals surface area (Å²) in [5.41, 5.74) is 11.2. The number of hydrogen-bond donors (Lipinski definition) is 2. The maximum Gasteiger partial charge on any atom is 0.256 e. The van der Waals surface area contributed by atoms with Crippen molar-refractivity contribution in [3.63, 3.8) is 0 Å². The minimum absolute atomic E-state index is 0.0529. The number of fused-ring (bicyclic) bond motifs is 2. The highest BCUT2D eigenvalue weighted by atomic mass is 16.5. The lowest BCUT2D eigenvalue weighted by Crippen LogP contribution is -2.28. The minimum Gasteiger partial charge on any atom is -0.385 e. The van der Waals surface area contributed by atoms with E-state index in [4.69, 9.17) is 10.5 Å². The van der Waals surface area contributed by atoms with Crippen LogP contribution in [0.1, 0.15) is 46.4 Å². The normalized spacial score (nSPS) is 22.4. The van der Waals surface area contributed by atoms with Crippen LogP contribution in [0.5, 0.6) is 0 Å². The predicted octanol–water partition coefficient (Wildman–Crippen LogP) is 2.47. The van der Waals surface area contributed by atoms with Crippen LogP contribution in [0.3, 0.4) is 0 Å². The molecule has 3 N–H and O–H groups in total. The first-order chi connectivity index (χ1) is 11.6. The van der Waals surface area contributed by atoms with Crippen molar-refractivity contribution < 1.29 is 9.53 Å². The van der Waals surface area contributed by atoms with E-state index in [-0.39, 0.29) is 17.9 Å². The monoisotopic (exact) mass is 326 g/mol. The molecule has 24 heavy (non-hydrogen) atoms. The van der Waals surface area contributed by atoms with Crippen LogP contribution in [0.4, 0.5) is 11.5 Å². The van der Waals surface area contributed by atoms with Crippen LogP contribution in [0, 0.1) is 6.92 Å². The first kappa shape index (κ1) is 15.2. The van der Waals surface area contributed by atoms with Crippen molar-refractivity contribution in [2.24, 2.45) is 0 Å². The molecule has 0 fully saturated rings. The standard InChI is InChI=1S/C18H22N4O2/c1-10-4-3-5-12-13(6-7-20-16(10)12)18(23)22-17(19)14-9-24-11(2)8-15(14)21-22/h3-5,11,13,20H,6-9,19H2,1-2H3. The fourth-order valence-electron chi connectivity index (χ4n) is 3.68. The molecule has 0 saturated carbocycles. The Labute approximate surface area is 141 Å². The van der Waals surface area contributed by atoms with Crippen LogP contribution in [-0.4, -0.2) is 28.3 Å². The molecule has 0 aliphatic carbocycles. The Morgan fingerprint density at radius 1 is 1.46 bits per heavy atom. The summed E-state index contributed by atoms with van der Waals surface area (Å²) in [6.07, 6.45) is 1.55. The molecule has 2 atom stereocenters. The number of nitrogens with one attached hydrogen (secondary N) is 1. The summed E-state index contributed by atoms with van der Waals surface area (Å²) in [7, 11) is 0. The molecule has 0 amide bonds. The number of hydrogen-bond acceptors (Lipinski definition) is 5. The second-order valence-corrected chi connectivity index (χ2v) is 6.69. The van der Waals surface area contributed by atoms with Crippen LogP contribution in [0.25, 0.3) is 0 Å². The van der Waals surface area contributed by atoms with E-state index in [9.17, 15) is 4.79 Å². The van der Waals surface area contributed by atoms with Crippen LogP contribution in [0.15, 0.2) is 18.2 Å². The maximum absolute atomic E-state index is 13.1. The van der Waals surface area contributed by atoms with Gasteiger partial charge in [0.05, 0.1) is 24.3 Å². The van der Waals surface area contributed by atoms with Gasteiger partial charge in [-0.1, -0.05) is 18.2 Å². The highest BCUT2D eigenvalue weighted by molar-refractivity contribution is 5.90. The summed E-state index contributed by atoms with van der Waals surface area (Å²) < 4.78 is 7.04. The zero-order valence-corrected chi connectivity index (χ0v) is 14.0. The molecule has 0 bridgehead atoms. The van der Waals surface area contributed by atoms with Crippen LogP contribution in [-0.2, 0) is 17.8 Å². The Bertz CT molecular complexity index is 812. The summed E-state index contributed by atoms with van der Waals surface area (Å²) in [6, 6.07) is 6.06. The minimum atomic E-state index is -0.219. The number of aryl methyl sites for hydroxylation is 1. The second kappa shape index (κ2) is 5.63. The molecule has 0 saturated heterocycles. The molecule has 6 nitrogen and oxygen atoms in total. The molecule has 4 rings (SSSR count). The fourth-order valence-corrected chi connectivity index (χ4v) is 3.68. The molecular weight excluding hydrogens is 304 g/mol. The van der Waals surface area contributed by atoms with Crippen LogP contribution >= 0.6 is 0 Å². The van der Waals surface area contributed by atoms with Gasteiger partial charge in [0, 0.05) is 24.2 Å². The van der Waals surface area contributed by atoms with Gasteiger partial charge in [0.2, 0.25) is 0 Å². The van der Waals surface area contributed by atoms with Crippen molar-refractivity contribution in [1.82, 2.24) is 9.78 Å². The lowest BCUT2D eigenvalue weighted by Gasteiger charge is -2.27. The lowest BCUT2D eigenvalue weighted by molar-refractivity contribution is 0.0408. The van der Waals surface area contributed by atoms with Gasteiger partial charge >= 0.3 is 0 Å². The van der Waals surface area contributed by atoms with Gasteiger partial charge < -0.3 is 15.8 Å². The summed E-state index contributed by atoms with van der Waals surface area (Å²) in [6.45, 7) is 5.26. The van der Waals surface area contributed by atoms with Gasteiger partial charge in [0.25, 0.3) is 5.91 Å². The Hall–Kier alpha value is -2.34. The summed E-state index contributed by atoms with van der Waals surface area (Å²) in [5, 5.41) is 7.92. The Balaban J connectivity index is 1.73. The predicted molar refractivity (Wildman–Crippen MR) is 92.2 cm³/mol. The van der Waals surface area contributed by atoms with E-state index in [1.165, 1.54) is 4.68 Å². The SMILES string of the molecule is Cc1cccc2c1NCCC2C(=O)n1nc2c(c1N)COC(C)C2. The van der Waals surface area contributed by atoms with E-state index in [1.807, 2.05) is 19.1 Å². The molecule has 126 valence electrons.